The molecule has 0 amide bonds. The minimum atomic E-state index is 1.12. The van der Waals surface area contributed by atoms with Crippen molar-refractivity contribution in [2.75, 3.05) is 4.90 Å². The third kappa shape index (κ3) is 5.32. The van der Waals surface area contributed by atoms with E-state index in [0.29, 0.717) is 0 Å². The van der Waals surface area contributed by atoms with Crippen molar-refractivity contribution in [1.82, 2.24) is 4.57 Å². The number of para-hydroxylation sites is 1. The third-order valence-corrected chi connectivity index (χ3v) is 12.1. The van der Waals surface area contributed by atoms with Crippen LogP contribution < -0.4 is 4.90 Å². The molecule has 0 atom stereocenters. The van der Waals surface area contributed by atoms with Crippen molar-refractivity contribution in [3.63, 3.8) is 0 Å². The van der Waals surface area contributed by atoms with E-state index in [-0.39, 0.29) is 0 Å². The minimum absolute atomic E-state index is 1.12. The zero-order valence-corrected chi connectivity index (χ0v) is 30.7. The highest BCUT2D eigenvalue weighted by atomic mass is 32.1. The summed E-state index contributed by atoms with van der Waals surface area (Å²) in [6.45, 7) is 0. The highest BCUT2D eigenvalue weighted by molar-refractivity contribution is 7.25. The molecule has 55 heavy (non-hydrogen) atoms. The van der Waals surface area contributed by atoms with E-state index in [0.717, 1.165) is 22.7 Å². The molecule has 0 unspecified atom stereocenters. The van der Waals surface area contributed by atoms with E-state index in [9.17, 15) is 0 Å². The van der Waals surface area contributed by atoms with E-state index < -0.39 is 0 Å². The summed E-state index contributed by atoms with van der Waals surface area (Å²) in [6.07, 6.45) is 0. The molecule has 0 bridgehead atoms. The highest BCUT2D eigenvalue weighted by Gasteiger charge is 2.19. The van der Waals surface area contributed by atoms with Crippen molar-refractivity contribution < 1.29 is 0 Å². The van der Waals surface area contributed by atoms with Crippen LogP contribution in [-0.4, -0.2) is 4.57 Å². The van der Waals surface area contributed by atoms with Gasteiger partial charge in [-0.05, 0) is 94.4 Å². The SMILES string of the molecule is c1ccc(-c2ccc(-n3c4ccccc4c4ccc(-c5cccc(N(c6ccc7sc8ccccc8c7c6)c6cccc7ccccc67)c5)cc43)cc2)cc1. The Kier molecular flexibility index (Phi) is 7.39. The molecular weight excluding hydrogens is 685 g/mol. The number of anilines is 3. The zero-order valence-electron chi connectivity index (χ0n) is 29.9. The maximum atomic E-state index is 2.43. The molecule has 0 aliphatic carbocycles. The molecule has 2 nitrogen and oxygen atoms in total. The lowest BCUT2D eigenvalue weighted by molar-refractivity contribution is 1.18. The van der Waals surface area contributed by atoms with E-state index in [1.165, 1.54) is 75.0 Å². The minimum Gasteiger partial charge on any atom is -0.310 e. The summed E-state index contributed by atoms with van der Waals surface area (Å²) < 4.78 is 5.03. The summed E-state index contributed by atoms with van der Waals surface area (Å²) in [5, 5.41) is 7.52. The maximum Gasteiger partial charge on any atom is 0.0547 e. The van der Waals surface area contributed by atoms with Gasteiger partial charge in [-0.1, -0.05) is 140 Å². The number of hydrogen-bond donors (Lipinski definition) is 0. The van der Waals surface area contributed by atoms with Gasteiger partial charge in [-0.2, -0.15) is 0 Å². The monoisotopic (exact) mass is 718 g/mol. The Labute approximate surface area is 323 Å². The molecule has 258 valence electrons. The predicted octanol–water partition coefficient (Wildman–Crippen LogP) is 15.1. The fourth-order valence-corrected chi connectivity index (χ4v) is 9.46. The molecule has 9 aromatic carbocycles. The average Bonchev–Trinajstić information content (AvgIpc) is 3.79. The lowest BCUT2D eigenvalue weighted by Crippen LogP contribution is -2.10. The van der Waals surface area contributed by atoms with Crippen LogP contribution in [0.3, 0.4) is 0 Å². The average molecular weight is 719 g/mol. The Morgan fingerprint density at radius 1 is 0.345 bits per heavy atom. The Morgan fingerprint density at radius 2 is 0.964 bits per heavy atom. The van der Waals surface area contributed by atoms with Gasteiger partial charge in [-0.3, -0.25) is 0 Å². The lowest BCUT2D eigenvalue weighted by Gasteiger charge is -2.27. The summed E-state index contributed by atoms with van der Waals surface area (Å²) in [6, 6.07) is 75.3. The number of aromatic nitrogens is 1. The summed E-state index contributed by atoms with van der Waals surface area (Å²) >= 11 is 1.86. The topological polar surface area (TPSA) is 8.17 Å². The summed E-state index contributed by atoms with van der Waals surface area (Å²) in [5.41, 5.74) is 11.7. The van der Waals surface area contributed by atoms with Crippen molar-refractivity contribution in [2.45, 2.75) is 0 Å². The Hall–Kier alpha value is -6.94. The Bertz CT molecular complexity index is 3200. The summed E-state index contributed by atoms with van der Waals surface area (Å²) in [5.74, 6) is 0. The third-order valence-electron chi connectivity index (χ3n) is 11.0. The molecule has 0 aliphatic heterocycles. The van der Waals surface area contributed by atoms with Gasteiger partial charge in [0.1, 0.15) is 0 Å². The van der Waals surface area contributed by atoms with Gasteiger partial charge in [0.15, 0.2) is 0 Å². The first kappa shape index (κ1) is 31.6. The second-order valence-electron chi connectivity index (χ2n) is 14.2. The van der Waals surface area contributed by atoms with Gasteiger partial charge < -0.3 is 9.47 Å². The van der Waals surface area contributed by atoms with Crippen molar-refractivity contribution in [3.05, 3.63) is 206 Å². The Morgan fingerprint density at radius 3 is 1.85 bits per heavy atom. The number of nitrogens with zero attached hydrogens (tertiary/aromatic N) is 2. The van der Waals surface area contributed by atoms with Gasteiger partial charge in [0.2, 0.25) is 0 Å². The van der Waals surface area contributed by atoms with Gasteiger partial charge in [-0.15, -0.1) is 11.3 Å². The van der Waals surface area contributed by atoms with E-state index in [1.54, 1.807) is 0 Å². The van der Waals surface area contributed by atoms with Crippen molar-refractivity contribution in [2.24, 2.45) is 0 Å². The van der Waals surface area contributed by atoms with Gasteiger partial charge in [-0.25, -0.2) is 0 Å². The largest absolute Gasteiger partial charge is 0.310 e. The summed E-state index contributed by atoms with van der Waals surface area (Å²) in [7, 11) is 0. The molecule has 0 saturated heterocycles. The maximum absolute atomic E-state index is 2.43. The highest BCUT2D eigenvalue weighted by Crippen LogP contribution is 2.44. The first-order valence-electron chi connectivity index (χ1n) is 18.8. The van der Waals surface area contributed by atoms with Crippen molar-refractivity contribution in [1.29, 1.82) is 0 Å². The number of benzene rings is 9. The first-order valence-corrected chi connectivity index (χ1v) is 19.6. The number of fused-ring (bicyclic) bond motifs is 7. The van der Waals surface area contributed by atoms with E-state index in [4.69, 9.17) is 0 Å². The molecule has 0 saturated carbocycles. The molecule has 2 heterocycles. The summed E-state index contributed by atoms with van der Waals surface area (Å²) in [4.78, 5) is 2.43. The molecule has 11 aromatic rings. The van der Waals surface area contributed by atoms with E-state index in [2.05, 4.69) is 216 Å². The molecule has 11 rings (SSSR count). The van der Waals surface area contributed by atoms with Crippen LogP contribution in [0, 0.1) is 0 Å². The smallest absolute Gasteiger partial charge is 0.0547 e. The van der Waals surface area contributed by atoms with E-state index in [1.807, 2.05) is 11.3 Å². The first-order chi connectivity index (χ1) is 27.3. The van der Waals surface area contributed by atoms with Crippen LogP contribution in [0.15, 0.2) is 206 Å². The molecule has 0 N–H and O–H groups in total. The van der Waals surface area contributed by atoms with Crippen molar-refractivity contribution in [3.8, 4) is 27.9 Å². The molecule has 3 heteroatoms. The van der Waals surface area contributed by atoms with Crippen LogP contribution in [-0.2, 0) is 0 Å². The second-order valence-corrected chi connectivity index (χ2v) is 15.2. The fourth-order valence-electron chi connectivity index (χ4n) is 8.37. The normalized spacial score (nSPS) is 11.6. The van der Waals surface area contributed by atoms with Gasteiger partial charge in [0.25, 0.3) is 0 Å². The molecule has 0 fully saturated rings. The fraction of sp³-hybridized carbons (Fsp3) is 0. The lowest BCUT2D eigenvalue weighted by atomic mass is 10.0. The standard InChI is InChI=1S/C52H34N2S/c1-2-12-35(13-3-1)36-24-27-40(28-25-36)54-49-21-8-6-19-44(49)45-30-26-39(33-50(45)54)38-16-10-17-41(32-38)53(48-22-11-15-37-14-4-5-18-43(37)48)42-29-31-52-47(34-42)46-20-7-9-23-51(46)55-52/h1-34H. The van der Waals surface area contributed by atoms with Crippen molar-refractivity contribution >= 4 is 81.1 Å². The van der Waals surface area contributed by atoms with Gasteiger partial charge in [0, 0.05) is 53.4 Å². The predicted molar refractivity (Wildman–Crippen MR) is 237 cm³/mol. The molecular formula is C52H34N2S. The van der Waals surface area contributed by atoms with Crippen LogP contribution in [0.1, 0.15) is 0 Å². The Balaban J connectivity index is 1.08. The molecule has 0 aliphatic rings. The second kappa shape index (κ2) is 12.9. The van der Waals surface area contributed by atoms with Crippen LogP contribution >= 0.6 is 11.3 Å². The zero-order chi connectivity index (χ0) is 36.3. The van der Waals surface area contributed by atoms with Gasteiger partial charge >= 0.3 is 0 Å². The van der Waals surface area contributed by atoms with Crippen LogP contribution in [0.5, 0.6) is 0 Å². The molecule has 0 spiro atoms. The van der Waals surface area contributed by atoms with E-state index >= 15 is 0 Å². The quantitative estimate of drug-likeness (QED) is 0.166. The van der Waals surface area contributed by atoms with Gasteiger partial charge in [0.05, 0.1) is 16.7 Å². The number of rotatable bonds is 6. The van der Waals surface area contributed by atoms with Crippen LogP contribution in [0.25, 0.3) is 80.7 Å². The number of hydrogen-bond acceptors (Lipinski definition) is 2. The molecule has 2 aromatic heterocycles. The van der Waals surface area contributed by atoms with Crippen LogP contribution in [0.2, 0.25) is 0 Å². The van der Waals surface area contributed by atoms with Crippen LogP contribution in [0.4, 0.5) is 17.1 Å². The number of thiophene rings is 1. The molecule has 0 radical (unpaired) electrons.